The number of rotatable bonds is 5. The molecule has 1 N–H and O–H groups in total. The molecule has 8 heteroatoms. The van der Waals surface area contributed by atoms with Crippen LogP contribution in [0.5, 0.6) is 0 Å². The summed E-state index contributed by atoms with van der Waals surface area (Å²) in [6, 6.07) is 8.12. The highest BCUT2D eigenvalue weighted by atomic mass is 32.1. The minimum Gasteiger partial charge on any atom is -0.379 e. The standard InChI is InChI=1S/C24H29N5O2S/c1-16-27-28-24(32-16)19-6-7-20-14-25-22(13-21(20)12-19)26-23(30)18-4-2-17(3-5-18)15-29-8-10-31-11-9-29/h6-7,12-14,17-18H,2-5,8-11,15H2,1H3,(H,25,26,30)/t17-,18-. The number of fused-ring (bicyclic) bond motifs is 1. The van der Waals surface area contributed by atoms with Crippen LogP contribution in [0.15, 0.2) is 30.5 Å². The Bertz CT molecular complexity index is 1090. The number of amides is 1. The van der Waals surface area contributed by atoms with Gasteiger partial charge in [-0.25, -0.2) is 4.98 Å². The predicted molar refractivity (Wildman–Crippen MR) is 127 cm³/mol. The van der Waals surface area contributed by atoms with Crippen molar-refractivity contribution in [1.29, 1.82) is 0 Å². The SMILES string of the molecule is Cc1nnc(-c2ccc3cnc(NC(=O)[C@H]4CC[C@H](CN5CCOCC5)CC4)cc3c2)s1. The number of hydrogen-bond acceptors (Lipinski definition) is 7. The number of aryl methyl sites for hydroxylation is 1. The largest absolute Gasteiger partial charge is 0.379 e. The third kappa shape index (κ3) is 4.98. The van der Waals surface area contributed by atoms with Crippen LogP contribution in [0.4, 0.5) is 5.82 Å². The van der Waals surface area contributed by atoms with Crippen molar-refractivity contribution < 1.29 is 9.53 Å². The zero-order valence-corrected chi connectivity index (χ0v) is 19.2. The zero-order valence-electron chi connectivity index (χ0n) is 18.4. The van der Waals surface area contributed by atoms with Crippen LogP contribution in [0, 0.1) is 18.8 Å². The lowest BCUT2D eigenvalue weighted by Crippen LogP contribution is -2.40. The number of benzene rings is 1. The Labute approximate surface area is 192 Å². The van der Waals surface area contributed by atoms with E-state index in [0.717, 1.165) is 84.9 Å². The zero-order chi connectivity index (χ0) is 21.9. The van der Waals surface area contributed by atoms with Crippen LogP contribution >= 0.6 is 11.3 Å². The van der Waals surface area contributed by atoms with Gasteiger partial charge in [0.05, 0.1) is 13.2 Å². The molecule has 2 fully saturated rings. The third-order valence-corrected chi connectivity index (χ3v) is 7.47. The summed E-state index contributed by atoms with van der Waals surface area (Å²) in [7, 11) is 0. The number of nitrogens with zero attached hydrogens (tertiary/aromatic N) is 4. The van der Waals surface area contributed by atoms with Gasteiger partial charge in [-0.1, -0.05) is 23.5 Å². The van der Waals surface area contributed by atoms with Gasteiger partial charge in [0.1, 0.15) is 15.8 Å². The maximum atomic E-state index is 12.9. The van der Waals surface area contributed by atoms with Crippen molar-refractivity contribution in [2.45, 2.75) is 32.6 Å². The molecule has 1 saturated heterocycles. The average molecular weight is 452 g/mol. The number of nitrogens with one attached hydrogen (secondary N) is 1. The first-order chi connectivity index (χ1) is 15.6. The third-order valence-electron chi connectivity index (χ3n) is 6.58. The normalized spacial score (nSPS) is 22.2. The van der Waals surface area contributed by atoms with Crippen molar-refractivity contribution in [2.24, 2.45) is 11.8 Å². The Hall–Kier alpha value is -2.42. The maximum absolute atomic E-state index is 12.9. The van der Waals surface area contributed by atoms with Crippen molar-refractivity contribution >= 4 is 33.8 Å². The van der Waals surface area contributed by atoms with Gasteiger partial charge in [-0.05, 0) is 56.0 Å². The maximum Gasteiger partial charge on any atom is 0.228 e. The summed E-state index contributed by atoms with van der Waals surface area (Å²) in [5.41, 5.74) is 1.03. The number of hydrogen-bond donors (Lipinski definition) is 1. The molecule has 0 spiro atoms. The first-order valence-corrected chi connectivity index (χ1v) is 12.3. The Morgan fingerprint density at radius 3 is 2.69 bits per heavy atom. The van der Waals surface area contributed by atoms with Crippen LogP contribution in [-0.2, 0) is 9.53 Å². The summed E-state index contributed by atoms with van der Waals surface area (Å²) in [5, 5.41) is 15.3. The first-order valence-electron chi connectivity index (χ1n) is 11.5. The second-order valence-corrected chi connectivity index (χ2v) is 10.1. The van der Waals surface area contributed by atoms with Crippen LogP contribution in [-0.4, -0.2) is 58.8 Å². The molecule has 0 atom stereocenters. The fraction of sp³-hybridized carbons (Fsp3) is 0.500. The van der Waals surface area contributed by atoms with Crippen LogP contribution in [0.2, 0.25) is 0 Å². The van der Waals surface area contributed by atoms with Crippen molar-refractivity contribution in [2.75, 3.05) is 38.2 Å². The number of morpholine rings is 1. The van der Waals surface area contributed by atoms with Crippen LogP contribution in [0.3, 0.4) is 0 Å². The van der Waals surface area contributed by atoms with E-state index in [2.05, 4.69) is 31.5 Å². The molecule has 0 radical (unpaired) electrons. The average Bonchev–Trinajstić information content (AvgIpc) is 3.26. The molecule has 1 aliphatic heterocycles. The van der Waals surface area contributed by atoms with Gasteiger partial charge in [0, 0.05) is 42.7 Å². The first kappa shape index (κ1) is 21.4. The van der Waals surface area contributed by atoms with Gasteiger partial charge in [-0.15, -0.1) is 10.2 Å². The lowest BCUT2D eigenvalue weighted by molar-refractivity contribution is -0.121. The molecule has 2 aromatic heterocycles. The molecular formula is C24H29N5O2S. The van der Waals surface area contributed by atoms with Crippen molar-refractivity contribution in [1.82, 2.24) is 20.1 Å². The molecule has 0 unspecified atom stereocenters. The fourth-order valence-corrected chi connectivity index (χ4v) is 5.43. The van der Waals surface area contributed by atoms with E-state index in [1.54, 1.807) is 11.3 Å². The quantitative estimate of drug-likeness (QED) is 0.628. The predicted octanol–water partition coefficient (Wildman–Crippen LogP) is 4.14. The van der Waals surface area contributed by atoms with E-state index < -0.39 is 0 Å². The Kier molecular flexibility index (Phi) is 6.43. The van der Waals surface area contributed by atoms with Crippen molar-refractivity contribution in [3.8, 4) is 10.6 Å². The summed E-state index contributed by atoms with van der Waals surface area (Å²) < 4.78 is 5.44. The lowest BCUT2D eigenvalue weighted by atomic mass is 9.81. The second-order valence-electron chi connectivity index (χ2n) is 8.88. The molecule has 3 heterocycles. The highest BCUT2D eigenvalue weighted by Crippen LogP contribution is 2.31. The number of ether oxygens (including phenoxy) is 1. The van der Waals surface area contributed by atoms with Crippen LogP contribution in [0.25, 0.3) is 21.3 Å². The van der Waals surface area contributed by atoms with E-state index in [0.29, 0.717) is 11.7 Å². The molecular weight excluding hydrogens is 422 g/mol. The molecule has 7 nitrogen and oxygen atoms in total. The summed E-state index contributed by atoms with van der Waals surface area (Å²) in [6.07, 6.45) is 5.96. The molecule has 2 aliphatic rings. The molecule has 1 aliphatic carbocycles. The monoisotopic (exact) mass is 451 g/mol. The lowest BCUT2D eigenvalue weighted by Gasteiger charge is -2.34. The fourth-order valence-electron chi connectivity index (χ4n) is 4.74. The Balaban J connectivity index is 1.20. The second kappa shape index (κ2) is 9.60. The highest BCUT2D eigenvalue weighted by Gasteiger charge is 2.28. The van der Waals surface area contributed by atoms with Crippen LogP contribution in [0.1, 0.15) is 30.7 Å². The van der Waals surface area contributed by atoms with Crippen LogP contribution < -0.4 is 5.32 Å². The summed E-state index contributed by atoms with van der Waals surface area (Å²) in [6.45, 7) is 6.86. The van der Waals surface area contributed by atoms with E-state index in [4.69, 9.17) is 4.74 Å². The number of carbonyl (C=O) groups is 1. The number of aromatic nitrogens is 3. The van der Waals surface area contributed by atoms with E-state index in [-0.39, 0.29) is 11.8 Å². The van der Waals surface area contributed by atoms with Crippen molar-refractivity contribution in [3.05, 3.63) is 35.5 Å². The minimum absolute atomic E-state index is 0.0733. The minimum atomic E-state index is 0.0733. The summed E-state index contributed by atoms with van der Waals surface area (Å²) in [4.78, 5) is 19.9. The van der Waals surface area contributed by atoms with E-state index >= 15 is 0 Å². The van der Waals surface area contributed by atoms with Gasteiger partial charge >= 0.3 is 0 Å². The molecule has 0 bridgehead atoms. The van der Waals surface area contributed by atoms with Gasteiger partial charge in [-0.2, -0.15) is 0 Å². The smallest absolute Gasteiger partial charge is 0.228 e. The van der Waals surface area contributed by atoms with Gasteiger partial charge in [0.25, 0.3) is 0 Å². The number of pyridine rings is 1. The van der Waals surface area contributed by atoms with Gasteiger partial charge < -0.3 is 10.1 Å². The molecule has 1 saturated carbocycles. The summed E-state index contributed by atoms with van der Waals surface area (Å²) in [5.74, 6) is 1.48. The van der Waals surface area contributed by atoms with Gasteiger partial charge in [0.2, 0.25) is 5.91 Å². The molecule has 32 heavy (non-hydrogen) atoms. The van der Waals surface area contributed by atoms with Gasteiger partial charge in [-0.3, -0.25) is 9.69 Å². The van der Waals surface area contributed by atoms with Gasteiger partial charge in [0.15, 0.2) is 0 Å². The number of carbonyl (C=O) groups excluding carboxylic acids is 1. The Morgan fingerprint density at radius 1 is 1.12 bits per heavy atom. The van der Waals surface area contributed by atoms with Crippen molar-refractivity contribution in [3.63, 3.8) is 0 Å². The molecule has 5 rings (SSSR count). The van der Waals surface area contributed by atoms with E-state index in [1.807, 2.05) is 31.3 Å². The van der Waals surface area contributed by atoms with E-state index in [9.17, 15) is 4.79 Å². The topological polar surface area (TPSA) is 80.2 Å². The number of anilines is 1. The van der Waals surface area contributed by atoms with E-state index in [1.165, 1.54) is 0 Å². The highest BCUT2D eigenvalue weighted by molar-refractivity contribution is 7.14. The Morgan fingerprint density at radius 2 is 1.94 bits per heavy atom. The summed E-state index contributed by atoms with van der Waals surface area (Å²) >= 11 is 1.58. The molecule has 168 valence electrons. The molecule has 3 aromatic rings. The molecule has 1 aromatic carbocycles. The molecule has 1 amide bonds.